The molecule has 1 aromatic carbocycles. The van der Waals surface area contributed by atoms with Crippen LogP contribution in [0.4, 0.5) is 14.6 Å². The van der Waals surface area contributed by atoms with Crippen molar-refractivity contribution in [1.29, 1.82) is 0 Å². The van der Waals surface area contributed by atoms with Gasteiger partial charge in [0.25, 0.3) is 6.43 Å². The van der Waals surface area contributed by atoms with Crippen LogP contribution in [0.15, 0.2) is 35.2 Å². The zero-order valence-corrected chi connectivity index (χ0v) is 12.1. The van der Waals surface area contributed by atoms with E-state index < -0.39 is 23.0 Å². The van der Waals surface area contributed by atoms with Gasteiger partial charge in [-0.15, -0.1) is 0 Å². The molecule has 0 amide bonds. The molecule has 0 spiro atoms. The minimum atomic E-state index is -3.94. The quantitative estimate of drug-likeness (QED) is 0.857. The molecule has 5 nitrogen and oxygen atoms in total. The summed E-state index contributed by atoms with van der Waals surface area (Å²) < 4.78 is 49.8. The molecule has 2 N–H and O–H groups in total. The van der Waals surface area contributed by atoms with Gasteiger partial charge in [-0.3, -0.25) is 0 Å². The van der Waals surface area contributed by atoms with Crippen LogP contribution in [0.1, 0.15) is 6.92 Å². The van der Waals surface area contributed by atoms with E-state index in [0.29, 0.717) is 16.7 Å². The summed E-state index contributed by atoms with van der Waals surface area (Å²) in [7, 11) is -3.94. The SMILES string of the molecule is CCNc1ccc2cc(S(=O)(=O)NCC(F)F)ccc2n1. The van der Waals surface area contributed by atoms with Crippen molar-refractivity contribution in [2.45, 2.75) is 18.2 Å². The predicted octanol–water partition coefficient (Wildman–Crippen LogP) is 2.21. The number of hydrogen-bond acceptors (Lipinski definition) is 4. The maximum atomic E-state index is 12.1. The van der Waals surface area contributed by atoms with Crippen LogP contribution in [0.2, 0.25) is 0 Å². The Morgan fingerprint density at radius 2 is 2.00 bits per heavy atom. The molecule has 0 aliphatic heterocycles. The highest BCUT2D eigenvalue weighted by Crippen LogP contribution is 2.19. The van der Waals surface area contributed by atoms with Crippen molar-refractivity contribution in [1.82, 2.24) is 9.71 Å². The van der Waals surface area contributed by atoms with Crippen molar-refractivity contribution < 1.29 is 17.2 Å². The molecule has 0 unspecified atom stereocenters. The van der Waals surface area contributed by atoms with Crippen LogP contribution in [0.3, 0.4) is 0 Å². The lowest BCUT2D eigenvalue weighted by molar-refractivity contribution is 0.153. The van der Waals surface area contributed by atoms with Crippen molar-refractivity contribution in [2.24, 2.45) is 0 Å². The van der Waals surface area contributed by atoms with E-state index in [1.165, 1.54) is 12.1 Å². The second-order valence-corrected chi connectivity index (χ2v) is 6.09. The van der Waals surface area contributed by atoms with Crippen molar-refractivity contribution in [3.63, 3.8) is 0 Å². The highest BCUT2D eigenvalue weighted by Gasteiger charge is 2.16. The smallest absolute Gasteiger partial charge is 0.251 e. The topological polar surface area (TPSA) is 71.1 Å². The number of anilines is 1. The van der Waals surface area contributed by atoms with Gasteiger partial charge in [0.1, 0.15) is 5.82 Å². The molecule has 8 heteroatoms. The maximum Gasteiger partial charge on any atom is 0.251 e. The number of nitrogens with zero attached hydrogens (tertiary/aromatic N) is 1. The number of pyridine rings is 1. The molecule has 0 fully saturated rings. The van der Waals surface area contributed by atoms with Gasteiger partial charge in [0.2, 0.25) is 10.0 Å². The van der Waals surface area contributed by atoms with Crippen LogP contribution in [0, 0.1) is 0 Å². The van der Waals surface area contributed by atoms with E-state index >= 15 is 0 Å². The number of aromatic nitrogens is 1. The maximum absolute atomic E-state index is 12.1. The summed E-state index contributed by atoms with van der Waals surface area (Å²) in [6.45, 7) is 1.76. The largest absolute Gasteiger partial charge is 0.370 e. The van der Waals surface area contributed by atoms with E-state index in [2.05, 4.69) is 10.3 Å². The van der Waals surface area contributed by atoms with Crippen molar-refractivity contribution in [3.8, 4) is 0 Å². The van der Waals surface area contributed by atoms with Gasteiger partial charge in [0, 0.05) is 11.9 Å². The summed E-state index contributed by atoms with van der Waals surface area (Å²) >= 11 is 0. The number of nitrogens with one attached hydrogen (secondary N) is 2. The summed E-state index contributed by atoms with van der Waals surface area (Å²) in [6.07, 6.45) is -2.73. The Bertz CT molecular complexity index is 735. The first-order valence-corrected chi connectivity index (χ1v) is 7.83. The lowest BCUT2D eigenvalue weighted by Gasteiger charge is -2.08. The minimum absolute atomic E-state index is 0.0614. The van der Waals surface area contributed by atoms with Gasteiger partial charge in [-0.05, 0) is 37.3 Å². The summed E-state index contributed by atoms with van der Waals surface area (Å²) in [4.78, 5) is 4.25. The molecule has 0 saturated carbocycles. The number of rotatable bonds is 6. The average Bonchev–Trinajstić information content (AvgIpc) is 2.45. The van der Waals surface area contributed by atoms with Crippen LogP contribution in [-0.4, -0.2) is 32.9 Å². The van der Waals surface area contributed by atoms with Crippen molar-refractivity contribution in [2.75, 3.05) is 18.4 Å². The van der Waals surface area contributed by atoms with E-state index in [-0.39, 0.29) is 4.90 Å². The zero-order chi connectivity index (χ0) is 15.5. The van der Waals surface area contributed by atoms with E-state index in [1.807, 2.05) is 11.6 Å². The van der Waals surface area contributed by atoms with Crippen molar-refractivity contribution in [3.05, 3.63) is 30.3 Å². The molecule has 114 valence electrons. The molecule has 0 aliphatic rings. The monoisotopic (exact) mass is 315 g/mol. The summed E-state index contributed by atoms with van der Waals surface area (Å²) in [5, 5.41) is 3.67. The van der Waals surface area contributed by atoms with Gasteiger partial charge >= 0.3 is 0 Å². The average molecular weight is 315 g/mol. The van der Waals surface area contributed by atoms with Crippen LogP contribution >= 0.6 is 0 Å². The molecule has 21 heavy (non-hydrogen) atoms. The normalized spacial score (nSPS) is 12.0. The number of benzene rings is 1. The zero-order valence-electron chi connectivity index (χ0n) is 11.3. The predicted molar refractivity (Wildman–Crippen MR) is 77.1 cm³/mol. The fraction of sp³-hybridized carbons (Fsp3) is 0.308. The first-order valence-electron chi connectivity index (χ1n) is 6.35. The second-order valence-electron chi connectivity index (χ2n) is 4.32. The second kappa shape index (κ2) is 6.31. The van der Waals surface area contributed by atoms with E-state index in [0.717, 1.165) is 6.54 Å². The molecule has 0 saturated heterocycles. The molecule has 2 rings (SSSR count). The first-order chi connectivity index (χ1) is 9.92. The molecular formula is C13H15F2N3O2S. The fourth-order valence-corrected chi connectivity index (χ4v) is 2.85. The Labute approximate surface area is 121 Å². The third-order valence-electron chi connectivity index (χ3n) is 2.76. The Balaban J connectivity index is 2.32. The highest BCUT2D eigenvalue weighted by atomic mass is 32.2. The molecule has 2 aromatic rings. The van der Waals surface area contributed by atoms with Crippen molar-refractivity contribution >= 4 is 26.7 Å². The van der Waals surface area contributed by atoms with Crippen LogP contribution in [-0.2, 0) is 10.0 Å². The summed E-state index contributed by atoms with van der Waals surface area (Å²) in [5.41, 5.74) is 0.626. The molecule has 0 radical (unpaired) electrons. The number of sulfonamides is 1. The summed E-state index contributed by atoms with van der Waals surface area (Å²) in [5.74, 6) is 0.691. The molecule has 0 aliphatic carbocycles. The van der Waals surface area contributed by atoms with E-state index in [1.54, 1.807) is 18.2 Å². The molecular weight excluding hydrogens is 300 g/mol. The minimum Gasteiger partial charge on any atom is -0.370 e. The van der Waals surface area contributed by atoms with E-state index in [4.69, 9.17) is 0 Å². The number of halogens is 2. The van der Waals surface area contributed by atoms with Gasteiger partial charge in [-0.25, -0.2) is 26.9 Å². The number of alkyl halides is 2. The lowest BCUT2D eigenvalue weighted by atomic mass is 10.2. The van der Waals surface area contributed by atoms with Crippen LogP contribution in [0.25, 0.3) is 10.9 Å². The fourth-order valence-electron chi connectivity index (χ4n) is 1.81. The van der Waals surface area contributed by atoms with Gasteiger partial charge in [-0.2, -0.15) is 0 Å². The molecule has 0 atom stereocenters. The number of hydrogen-bond donors (Lipinski definition) is 2. The third kappa shape index (κ3) is 3.85. The Morgan fingerprint density at radius 3 is 2.67 bits per heavy atom. The number of fused-ring (bicyclic) bond motifs is 1. The molecule has 0 bridgehead atoms. The molecule has 1 heterocycles. The third-order valence-corrected chi connectivity index (χ3v) is 4.18. The molecule has 1 aromatic heterocycles. The van der Waals surface area contributed by atoms with Gasteiger partial charge in [-0.1, -0.05) is 0 Å². The summed E-state index contributed by atoms with van der Waals surface area (Å²) in [6, 6.07) is 7.76. The Hall–Kier alpha value is -1.80. The van der Waals surface area contributed by atoms with Gasteiger partial charge < -0.3 is 5.32 Å². The van der Waals surface area contributed by atoms with Gasteiger partial charge in [0.05, 0.1) is 17.0 Å². The van der Waals surface area contributed by atoms with Crippen LogP contribution < -0.4 is 10.0 Å². The Morgan fingerprint density at radius 1 is 1.24 bits per heavy atom. The lowest BCUT2D eigenvalue weighted by Crippen LogP contribution is -2.28. The Kier molecular flexibility index (Phi) is 4.69. The van der Waals surface area contributed by atoms with E-state index in [9.17, 15) is 17.2 Å². The highest BCUT2D eigenvalue weighted by molar-refractivity contribution is 7.89. The standard InChI is InChI=1S/C13H15F2N3O2S/c1-2-16-13-6-3-9-7-10(4-5-11(9)18-13)21(19,20)17-8-12(14)15/h3-7,12,17H,2,8H2,1H3,(H,16,18). The van der Waals surface area contributed by atoms with Crippen LogP contribution in [0.5, 0.6) is 0 Å². The van der Waals surface area contributed by atoms with Gasteiger partial charge in [0.15, 0.2) is 0 Å². The first kappa shape index (κ1) is 15.6.